The van der Waals surface area contributed by atoms with Gasteiger partial charge in [0.15, 0.2) is 0 Å². The van der Waals surface area contributed by atoms with Gasteiger partial charge in [-0.2, -0.15) is 0 Å². The first-order valence-corrected chi connectivity index (χ1v) is 6.72. The Hall–Kier alpha value is 0.200. The molecule has 1 unspecified atom stereocenters. The van der Waals surface area contributed by atoms with Crippen molar-refractivity contribution in [2.75, 3.05) is 13.1 Å². The molecular formula is C13H21BrCl2N2. The van der Waals surface area contributed by atoms with E-state index in [2.05, 4.69) is 52.0 Å². The fourth-order valence-electron chi connectivity index (χ4n) is 2.40. The summed E-state index contributed by atoms with van der Waals surface area (Å²) >= 11 is 3.62. The van der Waals surface area contributed by atoms with Crippen LogP contribution in [0.1, 0.15) is 31.4 Å². The Bertz CT molecular complexity index is 363. The molecule has 0 amide bonds. The lowest BCUT2D eigenvalue weighted by atomic mass is 10.0. The fraction of sp³-hybridized carbons (Fsp3) is 0.538. The third-order valence-corrected chi connectivity index (χ3v) is 4.11. The number of nitrogens with two attached hydrogens (primary N) is 1. The first kappa shape index (κ1) is 18.2. The maximum absolute atomic E-state index is 6.03. The van der Waals surface area contributed by atoms with Gasteiger partial charge in [-0.15, -0.1) is 24.8 Å². The first-order valence-electron chi connectivity index (χ1n) is 5.92. The molecule has 0 aromatic heterocycles. The van der Waals surface area contributed by atoms with E-state index in [1.54, 1.807) is 0 Å². The molecule has 18 heavy (non-hydrogen) atoms. The van der Waals surface area contributed by atoms with Crippen molar-refractivity contribution in [2.45, 2.75) is 31.8 Å². The molecule has 0 aliphatic carbocycles. The topological polar surface area (TPSA) is 29.3 Å². The molecule has 5 heteroatoms. The molecular weight excluding hydrogens is 335 g/mol. The smallest absolute Gasteiger partial charge is 0.0331 e. The molecule has 1 aromatic carbocycles. The van der Waals surface area contributed by atoms with Gasteiger partial charge in [-0.05, 0) is 37.9 Å². The predicted octanol–water partition coefficient (Wildman–Crippen LogP) is 3.78. The molecule has 1 saturated heterocycles. The Morgan fingerprint density at radius 2 is 2.00 bits per heavy atom. The average molecular weight is 356 g/mol. The highest BCUT2D eigenvalue weighted by Crippen LogP contribution is 2.29. The van der Waals surface area contributed by atoms with E-state index in [0.717, 1.165) is 13.1 Å². The third kappa shape index (κ3) is 4.39. The van der Waals surface area contributed by atoms with Gasteiger partial charge < -0.3 is 5.73 Å². The first-order chi connectivity index (χ1) is 7.68. The number of benzene rings is 1. The fourth-order valence-corrected chi connectivity index (χ4v) is 3.02. The van der Waals surface area contributed by atoms with Crippen LogP contribution in [0.3, 0.4) is 0 Å². The second-order valence-electron chi connectivity index (χ2n) is 4.59. The third-order valence-electron chi connectivity index (χ3n) is 3.39. The summed E-state index contributed by atoms with van der Waals surface area (Å²) in [7, 11) is 0. The van der Waals surface area contributed by atoms with Crippen molar-refractivity contribution in [1.29, 1.82) is 0 Å². The van der Waals surface area contributed by atoms with Gasteiger partial charge in [0.25, 0.3) is 0 Å². The zero-order chi connectivity index (χ0) is 11.5. The number of rotatable bonds is 2. The van der Waals surface area contributed by atoms with Crippen molar-refractivity contribution < 1.29 is 0 Å². The van der Waals surface area contributed by atoms with Gasteiger partial charge in [0.2, 0.25) is 0 Å². The molecule has 1 heterocycles. The van der Waals surface area contributed by atoms with Gasteiger partial charge in [0, 0.05) is 23.1 Å². The van der Waals surface area contributed by atoms with E-state index in [-0.39, 0.29) is 24.8 Å². The molecule has 1 fully saturated rings. The molecule has 1 aliphatic heterocycles. The molecule has 104 valence electrons. The second kappa shape index (κ2) is 8.39. The van der Waals surface area contributed by atoms with Crippen LogP contribution >= 0.6 is 40.7 Å². The highest BCUT2D eigenvalue weighted by Gasteiger charge is 2.22. The van der Waals surface area contributed by atoms with E-state index in [9.17, 15) is 0 Å². The summed E-state index contributed by atoms with van der Waals surface area (Å²) in [4.78, 5) is 2.48. The van der Waals surface area contributed by atoms with Crippen molar-refractivity contribution in [1.82, 2.24) is 4.90 Å². The van der Waals surface area contributed by atoms with Crippen LogP contribution in [-0.2, 0) is 0 Å². The lowest BCUT2D eigenvalue weighted by molar-refractivity contribution is 0.159. The van der Waals surface area contributed by atoms with Gasteiger partial charge in [-0.1, -0.05) is 34.1 Å². The normalized spacial score (nSPS) is 21.6. The van der Waals surface area contributed by atoms with Crippen molar-refractivity contribution in [3.8, 4) is 0 Å². The van der Waals surface area contributed by atoms with Crippen molar-refractivity contribution in [2.24, 2.45) is 5.73 Å². The Balaban J connectivity index is 0.00000144. The van der Waals surface area contributed by atoms with Crippen LogP contribution in [-0.4, -0.2) is 24.0 Å². The number of hydrogen-bond donors (Lipinski definition) is 1. The summed E-state index contributed by atoms with van der Waals surface area (Å²) < 4.78 is 1.20. The number of likely N-dealkylation sites (tertiary alicyclic amines) is 1. The highest BCUT2D eigenvalue weighted by atomic mass is 79.9. The Labute approximate surface area is 130 Å². The number of hydrogen-bond acceptors (Lipinski definition) is 2. The van der Waals surface area contributed by atoms with E-state index >= 15 is 0 Å². The van der Waals surface area contributed by atoms with E-state index in [1.807, 2.05) is 0 Å². The lowest BCUT2D eigenvalue weighted by Gasteiger charge is -2.36. The van der Waals surface area contributed by atoms with Crippen LogP contribution in [0.5, 0.6) is 0 Å². The molecule has 1 aromatic rings. The minimum atomic E-state index is 0. The van der Waals surface area contributed by atoms with Gasteiger partial charge in [0.1, 0.15) is 0 Å². The number of halogens is 3. The van der Waals surface area contributed by atoms with Crippen molar-refractivity contribution >= 4 is 40.7 Å². The maximum Gasteiger partial charge on any atom is 0.0331 e. The summed E-state index contributed by atoms with van der Waals surface area (Å²) in [5.74, 6) is 0. The molecule has 1 aliphatic rings. The minimum absolute atomic E-state index is 0. The van der Waals surface area contributed by atoms with Crippen LogP contribution < -0.4 is 5.73 Å². The minimum Gasteiger partial charge on any atom is -0.327 e. The largest absolute Gasteiger partial charge is 0.327 e. The molecule has 2 rings (SSSR count). The van der Waals surface area contributed by atoms with Crippen LogP contribution in [0.2, 0.25) is 0 Å². The van der Waals surface area contributed by atoms with Crippen LogP contribution in [0.15, 0.2) is 28.7 Å². The van der Waals surface area contributed by atoms with E-state index in [1.165, 1.54) is 22.9 Å². The Morgan fingerprint density at radius 3 is 2.61 bits per heavy atom. The summed E-state index contributed by atoms with van der Waals surface area (Å²) in [6.45, 7) is 4.44. The van der Waals surface area contributed by atoms with E-state index in [4.69, 9.17) is 5.73 Å². The maximum atomic E-state index is 6.03. The SMILES string of the molecule is CC(c1ccccc1Br)N1CCC[C@H](N)C1.Cl.Cl. The zero-order valence-corrected chi connectivity index (χ0v) is 13.7. The summed E-state index contributed by atoms with van der Waals surface area (Å²) in [6, 6.07) is 9.24. The van der Waals surface area contributed by atoms with Crippen molar-refractivity contribution in [3.05, 3.63) is 34.3 Å². The van der Waals surface area contributed by atoms with Crippen LogP contribution in [0, 0.1) is 0 Å². The molecule has 2 N–H and O–H groups in total. The molecule has 2 nitrogen and oxygen atoms in total. The Kier molecular flexibility index (Phi) is 8.48. The molecule has 0 radical (unpaired) electrons. The van der Waals surface area contributed by atoms with Crippen LogP contribution in [0.4, 0.5) is 0 Å². The van der Waals surface area contributed by atoms with Gasteiger partial charge in [0.05, 0.1) is 0 Å². The standard InChI is InChI=1S/C13H19BrN2.2ClH/c1-10(12-6-2-3-7-13(12)14)16-8-4-5-11(15)9-16;;/h2-3,6-7,10-11H,4-5,8-9,15H2,1H3;2*1H/t10?,11-;;/m0../s1. The number of nitrogens with zero attached hydrogens (tertiary/aromatic N) is 1. The van der Waals surface area contributed by atoms with Gasteiger partial charge >= 0.3 is 0 Å². The molecule has 0 spiro atoms. The van der Waals surface area contributed by atoms with E-state index < -0.39 is 0 Å². The quantitative estimate of drug-likeness (QED) is 0.874. The monoisotopic (exact) mass is 354 g/mol. The number of piperidine rings is 1. The van der Waals surface area contributed by atoms with E-state index in [0.29, 0.717) is 12.1 Å². The summed E-state index contributed by atoms with van der Waals surface area (Å²) in [5, 5.41) is 0. The molecule has 0 bridgehead atoms. The molecule has 2 atom stereocenters. The van der Waals surface area contributed by atoms with Gasteiger partial charge in [-0.25, -0.2) is 0 Å². The second-order valence-corrected chi connectivity index (χ2v) is 5.45. The average Bonchev–Trinajstić information content (AvgIpc) is 2.29. The Morgan fingerprint density at radius 1 is 1.33 bits per heavy atom. The van der Waals surface area contributed by atoms with Gasteiger partial charge in [-0.3, -0.25) is 4.90 Å². The summed E-state index contributed by atoms with van der Waals surface area (Å²) in [5.41, 5.74) is 7.38. The summed E-state index contributed by atoms with van der Waals surface area (Å²) in [6.07, 6.45) is 2.38. The molecule has 0 saturated carbocycles. The lowest BCUT2D eigenvalue weighted by Crippen LogP contribution is -2.43. The van der Waals surface area contributed by atoms with Crippen molar-refractivity contribution in [3.63, 3.8) is 0 Å². The predicted molar refractivity (Wildman–Crippen MR) is 85.8 cm³/mol. The highest BCUT2D eigenvalue weighted by molar-refractivity contribution is 9.10. The zero-order valence-electron chi connectivity index (χ0n) is 10.5. The van der Waals surface area contributed by atoms with Crippen LogP contribution in [0.25, 0.3) is 0 Å².